The molecule has 2 atom stereocenters. The van der Waals surface area contributed by atoms with Crippen molar-refractivity contribution in [2.45, 2.75) is 45.4 Å². The van der Waals surface area contributed by atoms with Crippen LogP contribution in [0, 0.1) is 5.41 Å². The van der Waals surface area contributed by atoms with Crippen molar-refractivity contribution in [3.8, 4) is 0 Å². The molecular formula is C17H25ClN2O2. The number of likely N-dealkylation sites (N-methyl/N-ethyl adjacent to an activating group) is 1. The summed E-state index contributed by atoms with van der Waals surface area (Å²) < 4.78 is 5.68. The zero-order valence-corrected chi connectivity index (χ0v) is 14.5. The predicted octanol–water partition coefficient (Wildman–Crippen LogP) is 2.83. The van der Waals surface area contributed by atoms with Crippen LogP contribution in [0.5, 0.6) is 0 Å². The maximum atomic E-state index is 12.8. The zero-order valence-electron chi connectivity index (χ0n) is 13.7. The van der Waals surface area contributed by atoms with Crippen molar-refractivity contribution in [2.75, 3.05) is 13.7 Å². The number of halogens is 1. The topological polar surface area (TPSA) is 55.6 Å². The van der Waals surface area contributed by atoms with Gasteiger partial charge in [0.2, 0.25) is 5.91 Å². The van der Waals surface area contributed by atoms with Gasteiger partial charge in [-0.25, -0.2) is 0 Å². The van der Waals surface area contributed by atoms with Gasteiger partial charge in [-0.3, -0.25) is 4.79 Å². The highest BCUT2D eigenvalue weighted by Crippen LogP contribution is 2.50. The summed E-state index contributed by atoms with van der Waals surface area (Å²) in [6, 6.07) is 7.49. The van der Waals surface area contributed by atoms with Gasteiger partial charge >= 0.3 is 0 Å². The lowest BCUT2D eigenvalue weighted by Gasteiger charge is -2.58. The summed E-state index contributed by atoms with van der Waals surface area (Å²) in [6.45, 7) is 7.13. The lowest BCUT2D eigenvalue weighted by Crippen LogP contribution is -2.75. The number of hydrogen-bond donors (Lipinski definition) is 1. The van der Waals surface area contributed by atoms with Crippen LogP contribution in [0.4, 0.5) is 0 Å². The SMILES string of the molecule is CCOC1CC(N)(C(=O)N(C)Cc2ccc(Cl)cc2)C1(C)C. The predicted molar refractivity (Wildman–Crippen MR) is 88.7 cm³/mol. The largest absolute Gasteiger partial charge is 0.378 e. The first-order valence-corrected chi connectivity index (χ1v) is 8.00. The van der Waals surface area contributed by atoms with E-state index in [1.807, 2.05) is 45.0 Å². The average molecular weight is 325 g/mol. The third-order valence-corrected chi connectivity index (χ3v) is 5.14. The molecule has 0 saturated heterocycles. The maximum Gasteiger partial charge on any atom is 0.243 e. The lowest BCUT2D eigenvalue weighted by molar-refractivity contribution is -0.178. The average Bonchev–Trinajstić information content (AvgIpc) is 2.48. The molecule has 0 bridgehead atoms. The second-order valence-electron chi connectivity index (χ2n) is 6.63. The summed E-state index contributed by atoms with van der Waals surface area (Å²) >= 11 is 5.88. The molecular weight excluding hydrogens is 300 g/mol. The van der Waals surface area contributed by atoms with Crippen LogP contribution in [-0.2, 0) is 16.1 Å². The van der Waals surface area contributed by atoms with Gasteiger partial charge in [-0.1, -0.05) is 37.6 Å². The normalized spacial score (nSPS) is 26.4. The van der Waals surface area contributed by atoms with Gasteiger partial charge in [-0.15, -0.1) is 0 Å². The number of ether oxygens (including phenoxy) is 1. The van der Waals surface area contributed by atoms with Crippen LogP contribution >= 0.6 is 11.6 Å². The molecule has 0 aliphatic heterocycles. The van der Waals surface area contributed by atoms with Crippen molar-refractivity contribution >= 4 is 17.5 Å². The number of nitrogens with two attached hydrogens (primary N) is 1. The van der Waals surface area contributed by atoms with Gasteiger partial charge in [0.1, 0.15) is 5.54 Å². The minimum Gasteiger partial charge on any atom is -0.378 e. The Bertz CT molecular complexity index is 544. The number of rotatable bonds is 5. The van der Waals surface area contributed by atoms with Crippen LogP contribution in [-0.4, -0.2) is 36.1 Å². The van der Waals surface area contributed by atoms with Crippen LogP contribution in [0.15, 0.2) is 24.3 Å². The van der Waals surface area contributed by atoms with Crippen LogP contribution in [0.2, 0.25) is 5.02 Å². The van der Waals surface area contributed by atoms with E-state index in [1.165, 1.54) is 0 Å². The van der Waals surface area contributed by atoms with Gasteiger partial charge in [0.15, 0.2) is 0 Å². The summed E-state index contributed by atoms with van der Waals surface area (Å²) in [5, 5.41) is 0.688. The lowest BCUT2D eigenvalue weighted by atomic mass is 9.54. The second-order valence-corrected chi connectivity index (χ2v) is 7.07. The molecule has 1 fully saturated rings. The van der Waals surface area contributed by atoms with E-state index in [0.717, 1.165) is 5.56 Å². The third kappa shape index (κ3) is 2.87. The van der Waals surface area contributed by atoms with E-state index in [0.29, 0.717) is 24.6 Å². The van der Waals surface area contributed by atoms with Gasteiger partial charge in [0, 0.05) is 37.1 Å². The summed E-state index contributed by atoms with van der Waals surface area (Å²) in [6.07, 6.45) is 0.604. The fourth-order valence-corrected chi connectivity index (χ4v) is 3.20. The molecule has 122 valence electrons. The maximum absolute atomic E-state index is 12.8. The highest BCUT2D eigenvalue weighted by atomic mass is 35.5. The van der Waals surface area contributed by atoms with E-state index >= 15 is 0 Å². The monoisotopic (exact) mass is 324 g/mol. The van der Waals surface area contributed by atoms with Crippen molar-refractivity contribution < 1.29 is 9.53 Å². The van der Waals surface area contributed by atoms with E-state index in [2.05, 4.69) is 0 Å². The number of nitrogens with zero attached hydrogens (tertiary/aromatic N) is 1. The Morgan fingerprint density at radius 1 is 1.41 bits per heavy atom. The smallest absolute Gasteiger partial charge is 0.243 e. The number of hydrogen-bond acceptors (Lipinski definition) is 3. The Balaban J connectivity index is 2.06. The fraction of sp³-hybridized carbons (Fsp3) is 0.588. The van der Waals surface area contributed by atoms with Crippen molar-refractivity contribution in [3.05, 3.63) is 34.9 Å². The number of amides is 1. The van der Waals surface area contributed by atoms with E-state index < -0.39 is 5.54 Å². The van der Waals surface area contributed by atoms with E-state index in [4.69, 9.17) is 22.1 Å². The first-order valence-electron chi connectivity index (χ1n) is 7.63. The summed E-state index contributed by atoms with van der Waals surface area (Å²) in [4.78, 5) is 14.5. The van der Waals surface area contributed by atoms with Crippen molar-refractivity contribution in [1.29, 1.82) is 0 Å². The molecule has 0 radical (unpaired) electrons. The molecule has 4 nitrogen and oxygen atoms in total. The standard InChI is InChI=1S/C17H25ClN2O2/c1-5-22-14-10-17(19,16(14,2)3)15(21)20(4)11-12-6-8-13(18)9-7-12/h6-9,14H,5,10-11,19H2,1-4H3. The molecule has 1 aromatic rings. The Labute approximate surface area is 137 Å². The van der Waals surface area contributed by atoms with Gasteiger partial charge < -0.3 is 15.4 Å². The summed E-state index contributed by atoms with van der Waals surface area (Å²) in [7, 11) is 1.79. The first-order chi connectivity index (χ1) is 10.2. The molecule has 1 aromatic carbocycles. The van der Waals surface area contributed by atoms with Crippen LogP contribution < -0.4 is 5.73 Å². The van der Waals surface area contributed by atoms with Crippen molar-refractivity contribution in [3.63, 3.8) is 0 Å². The van der Waals surface area contributed by atoms with Gasteiger partial charge in [0.05, 0.1) is 6.10 Å². The zero-order chi connectivity index (χ0) is 16.5. The minimum atomic E-state index is -0.867. The molecule has 1 amide bonds. The van der Waals surface area contributed by atoms with Gasteiger partial charge in [-0.05, 0) is 24.6 Å². The Morgan fingerprint density at radius 3 is 2.50 bits per heavy atom. The van der Waals surface area contributed by atoms with Crippen LogP contribution in [0.1, 0.15) is 32.8 Å². The molecule has 1 aliphatic carbocycles. The number of benzene rings is 1. The highest BCUT2D eigenvalue weighted by Gasteiger charge is 2.63. The first kappa shape index (κ1) is 17.3. The minimum absolute atomic E-state index is 0.0374. The Hall–Kier alpha value is -1.10. The van der Waals surface area contributed by atoms with Crippen molar-refractivity contribution in [2.24, 2.45) is 11.1 Å². The van der Waals surface area contributed by atoms with Crippen LogP contribution in [0.3, 0.4) is 0 Å². The third-order valence-electron chi connectivity index (χ3n) is 4.89. The molecule has 2 rings (SSSR count). The molecule has 2 N–H and O–H groups in total. The van der Waals surface area contributed by atoms with E-state index in [9.17, 15) is 4.79 Å². The molecule has 1 aliphatic rings. The van der Waals surface area contributed by atoms with Crippen LogP contribution in [0.25, 0.3) is 0 Å². The molecule has 0 heterocycles. The van der Waals surface area contributed by atoms with Gasteiger partial charge in [0.25, 0.3) is 0 Å². The fourth-order valence-electron chi connectivity index (χ4n) is 3.07. The molecule has 1 saturated carbocycles. The van der Waals surface area contributed by atoms with Gasteiger partial charge in [-0.2, -0.15) is 0 Å². The molecule has 0 aromatic heterocycles. The quantitative estimate of drug-likeness (QED) is 0.906. The molecule has 22 heavy (non-hydrogen) atoms. The van der Waals surface area contributed by atoms with E-state index in [-0.39, 0.29) is 17.4 Å². The molecule has 5 heteroatoms. The highest BCUT2D eigenvalue weighted by molar-refractivity contribution is 6.30. The summed E-state index contributed by atoms with van der Waals surface area (Å²) in [5.74, 6) is -0.0385. The number of carbonyl (C=O) groups is 1. The van der Waals surface area contributed by atoms with E-state index in [1.54, 1.807) is 11.9 Å². The Kier molecular flexibility index (Phi) is 4.85. The number of carbonyl (C=O) groups excluding carboxylic acids is 1. The van der Waals surface area contributed by atoms with Crippen molar-refractivity contribution in [1.82, 2.24) is 4.90 Å². The Morgan fingerprint density at radius 2 is 2.00 bits per heavy atom. The molecule has 2 unspecified atom stereocenters. The second kappa shape index (κ2) is 6.19. The molecule has 0 spiro atoms. The summed E-state index contributed by atoms with van der Waals surface area (Å²) in [5.41, 5.74) is 6.23.